The molecular formula is C42H48BBrN6O8. The van der Waals surface area contributed by atoms with Gasteiger partial charge in [-0.3, -0.25) is 9.59 Å². The van der Waals surface area contributed by atoms with E-state index in [1.165, 1.54) is 0 Å². The highest BCUT2D eigenvalue weighted by atomic mass is 79.9. The molecule has 3 saturated heterocycles. The summed E-state index contributed by atoms with van der Waals surface area (Å²) >= 11 is 3.47. The molecule has 2 aromatic carbocycles. The van der Waals surface area contributed by atoms with Gasteiger partial charge in [-0.25, -0.2) is 9.97 Å². The number of nitrogens with zero attached hydrogens (tertiary/aromatic N) is 4. The van der Waals surface area contributed by atoms with Crippen LogP contribution in [0.5, 0.6) is 23.3 Å². The van der Waals surface area contributed by atoms with Gasteiger partial charge in [-0.05, 0) is 114 Å². The monoisotopic (exact) mass is 854 g/mol. The molecule has 7 rings (SSSR count). The van der Waals surface area contributed by atoms with Gasteiger partial charge < -0.3 is 38.9 Å². The van der Waals surface area contributed by atoms with Crippen molar-refractivity contribution in [3.05, 3.63) is 52.3 Å². The maximum Gasteiger partial charge on any atom is 0.497 e. The molecule has 0 spiro atoms. The Morgan fingerprint density at radius 1 is 0.759 bits per heavy atom. The van der Waals surface area contributed by atoms with Crippen LogP contribution in [0, 0.1) is 22.7 Å². The molecule has 2 N–H and O–H groups in total. The number of fused-ring (bicyclic) bond motifs is 2. The third-order valence-corrected chi connectivity index (χ3v) is 11.0. The fraction of sp³-hybridized carbons (Fsp3) is 0.476. The summed E-state index contributed by atoms with van der Waals surface area (Å²) in [6.07, 6.45) is 5.68. The van der Waals surface area contributed by atoms with E-state index < -0.39 is 18.3 Å². The molecule has 4 aromatic rings. The maximum atomic E-state index is 11.5. The van der Waals surface area contributed by atoms with Crippen LogP contribution in [0.4, 0.5) is 0 Å². The first-order chi connectivity index (χ1) is 27.5. The van der Waals surface area contributed by atoms with Crippen molar-refractivity contribution in [3.8, 4) is 35.4 Å². The van der Waals surface area contributed by atoms with E-state index in [0.717, 1.165) is 38.9 Å². The number of hydrogen-bond donors (Lipinski definition) is 2. The molecule has 0 radical (unpaired) electrons. The van der Waals surface area contributed by atoms with E-state index in [0.29, 0.717) is 65.8 Å². The molecule has 304 valence electrons. The smallest absolute Gasteiger partial charge is 0.490 e. The number of carbonyl (C=O) groups is 2. The summed E-state index contributed by atoms with van der Waals surface area (Å²) in [5.74, 6) is 1.91. The van der Waals surface area contributed by atoms with Crippen LogP contribution >= 0.6 is 15.9 Å². The molecule has 5 heterocycles. The standard InChI is InChI=1S/C24H30BN3O5.C18H18BrN3O3/c1-14(2)31-20-10-18-17(9-15(20)11-26)19(25-32-23(3,4)24(5,6)33-25)12-27-22(18)30-13-16-7-8-21(29)28-16;1-10(2)25-16-6-14-13(5-11(16)7-20)15(19)8-21-18(14)24-9-12-3-4-17(23)22-12/h9-10,12,14,16H,7-8,13H2,1-6H3,(H,28,29);5-6,8,10,12H,3-4,9H2,1-2H3,(H,22,23)/t16-;12-/m00/s1. The molecular weight excluding hydrogens is 807 g/mol. The highest BCUT2D eigenvalue weighted by molar-refractivity contribution is 9.10. The van der Waals surface area contributed by atoms with E-state index >= 15 is 0 Å². The largest absolute Gasteiger partial charge is 0.497 e. The second kappa shape index (κ2) is 17.4. The molecule has 14 nitrogen and oxygen atoms in total. The minimum atomic E-state index is -0.642. The van der Waals surface area contributed by atoms with Crippen molar-refractivity contribution in [1.29, 1.82) is 10.5 Å². The number of rotatable bonds is 11. The van der Waals surface area contributed by atoms with Gasteiger partial charge in [0.05, 0.1) is 46.6 Å². The Labute approximate surface area is 347 Å². The van der Waals surface area contributed by atoms with Gasteiger partial charge in [-0.15, -0.1) is 0 Å². The maximum absolute atomic E-state index is 11.5. The minimum Gasteiger partial charge on any atom is -0.490 e. The third kappa shape index (κ3) is 9.41. The summed E-state index contributed by atoms with van der Waals surface area (Å²) in [6.45, 7) is 16.3. The number of ether oxygens (including phenoxy) is 4. The zero-order valence-electron chi connectivity index (χ0n) is 34.0. The van der Waals surface area contributed by atoms with Gasteiger partial charge in [0, 0.05) is 51.3 Å². The Balaban J connectivity index is 0.000000203. The van der Waals surface area contributed by atoms with E-state index in [4.69, 9.17) is 28.3 Å². The number of pyridine rings is 2. The predicted octanol–water partition coefficient (Wildman–Crippen LogP) is 6.16. The Bertz CT molecular complexity index is 2290. The van der Waals surface area contributed by atoms with Crippen LogP contribution < -0.4 is 35.0 Å². The van der Waals surface area contributed by atoms with Crippen LogP contribution in [0.1, 0.15) is 92.2 Å². The molecule has 3 aliphatic rings. The second-order valence-electron chi connectivity index (χ2n) is 16.1. The first-order valence-corrected chi connectivity index (χ1v) is 20.2. The lowest BCUT2D eigenvalue weighted by Gasteiger charge is -2.32. The van der Waals surface area contributed by atoms with E-state index in [1.54, 1.807) is 36.7 Å². The van der Waals surface area contributed by atoms with E-state index in [2.05, 4.69) is 48.7 Å². The van der Waals surface area contributed by atoms with Gasteiger partial charge in [-0.1, -0.05) is 0 Å². The van der Waals surface area contributed by atoms with Crippen LogP contribution in [0.15, 0.2) is 41.1 Å². The molecule has 0 unspecified atom stereocenters. The number of halogens is 1. The molecule has 2 amide bonds. The van der Waals surface area contributed by atoms with Crippen molar-refractivity contribution in [2.45, 2.75) is 117 Å². The van der Waals surface area contributed by atoms with Crippen molar-refractivity contribution in [3.63, 3.8) is 0 Å². The number of aromatic nitrogens is 2. The van der Waals surface area contributed by atoms with Gasteiger partial charge in [0.15, 0.2) is 0 Å². The summed E-state index contributed by atoms with van der Waals surface area (Å²) in [5, 5.41) is 28.0. The molecule has 2 aromatic heterocycles. The third-order valence-electron chi connectivity index (χ3n) is 10.4. The van der Waals surface area contributed by atoms with Gasteiger partial charge in [-0.2, -0.15) is 10.5 Å². The fourth-order valence-corrected chi connectivity index (χ4v) is 7.13. The van der Waals surface area contributed by atoms with Crippen LogP contribution in [-0.4, -0.2) is 77.6 Å². The first-order valence-electron chi connectivity index (χ1n) is 19.4. The molecule has 3 aliphatic heterocycles. The summed E-state index contributed by atoms with van der Waals surface area (Å²) in [5.41, 5.74) is 0.561. The molecule has 0 saturated carbocycles. The van der Waals surface area contributed by atoms with Gasteiger partial charge >= 0.3 is 7.12 Å². The molecule has 2 atom stereocenters. The zero-order chi connectivity index (χ0) is 41.9. The van der Waals surface area contributed by atoms with Crippen molar-refractivity contribution in [1.82, 2.24) is 20.6 Å². The van der Waals surface area contributed by atoms with Crippen LogP contribution in [0.2, 0.25) is 0 Å². The van der Waals surface area contributed by atoms with Crippen LogP contribution in [0.25, 0.3) is 21.5 Å². The fourth-order valence-electron chi connectivity index (χ4n) is 6.70. The summed E-state index contributed by atoms with van der Waals surface area (Å²) < 4.78 is 36.8. The number of carbonyl (C=O) groups excluding carboxylic acids is 2. The summed E-state index contributed by atoms with van der Waals surface area (Å²) in [7, 11) is -0.642. The second-order valence-corrected chi connectivity index (χ2v) is 16.9. The van der Waals surface area contributed by atoms with Gasteiger partial charge in [0.2, 0.25) is 23.6 Å². The molecule has 0 aliphatic carbocycles. The average molecular weight is 856 g/mol. The average Bonchev–Trinajstić information content (AvgIpc) is 3.84. The molecule has 0 bridgehead atoms. The van der Waals surface area contributed by atoms with Crippen molar-refractivity contribution >= 4 is 61.9 Å². The number of benzene rings is 2. The number of hydrogen-bond acceptors (Lipinski definition) is 12. The quantitative estimate of drug-likeness (QED) is 0.164. The Kier molecular flexibility index (Phi) is 12.7. The topological polar surface area (TPSA) is 187 Å². The van der Waals surface area contributed by atoms with E-state index in [1.807, 2.05) is 55.4 Å². The molecule has 58 heavy (non-hydrogen) atoms. The molecule has 16 heteroatoms. The number of amides is 2. The number of nitriles is 2. The van der Waals surface area contributed by atoms with Crippen LogP contribution in [-0.2, 0) is 18.9 Å². The minimum absolute atomic E-state index is 0.00207. The van der Waals surface area contributed by atoms with E-state index in [-0.39, 0.29) is 36.1 Å². The zero-order valence-corrected chi connectivity index (χ0v) is 35.6. The van der Waals surface area contributed by atoms with E-state index in [9.17, 15) is 20.1 Å². The lowest BCUT2D eigenvalue weighted by molar-refractivity contribution is -0.120. The van der Waals surface area contributed by atoms with Gasteiger partial charge in [0.25, 0.3) is 0 Å². The Morgan fingerprint density at radius 2 is 1.21 bits per heavy atom. The van der Waals surface area contributed by atoms with Crippen molar-refractivity contribution < 1.29 is 37.8 Å². The lowest BCUT2D eigenvalue weighted by atomic mass is 9.77. The SMILES string of the molecule is CC(C)Oc1cc2c(OC[C@@H]3CCC(=O)N3)ncc(B3OC(C)(C)C(C)(C)O3)c2cc1C#N.CC(C)Oc1cc2c(OC[C@@H]3CCC(=O)N3)ncc(Br)c2cc1C#N. The summed E-state index contributed by atoms with van der Waals surface area (Å²) in [4.78, 5) is 31.7. The summed E-state index contributed by atoms with van der Waals surface area (Å²) in [6, 6.07) is 11.5. The number of nitrogens with one attached hydrogen (secondary N) is 2. The first kappa shape index (κ1) is 42.5. The van der Waals surface area contributed by atoms with Crippen molar-refractivity contribution in [2.75, 3.05) is 13.2 Å². The highest BCUT2D eigenvalue weighted by Crippen LogP contribution is 2.39. The van der Waals surface area contributed by atoms with Crippen molar-refractivity contribution in [2.24, 2.45) is 0 Å². The Morgan fingerprint density at radius 3 is 1.64 bits per heavy atom. The molecule has 3 fully saturated rings. The Hall–Kier alpha value is -5.16. The van der Waals surface area contributed by atoms with Gasteiger partial charge in [0.1, 0.15) is 36.9 Å². The highest BCUT2D eigenvalue weighted by Gasteiger charge is 2.52. The van der Waals surface area contributed by atoms with Crippen LogP contribution in [0.3, 0.4) is 0 Å². The predicted molar refractivity (Wildman–Crippen MR) is 221 cm³/mol. The lowest BCUT2D eigenvalue weighted by Crippen LogP contribution is -2.41. The normalized spacial score (nSPS) is 19.4.